The van der Waals surface area contributed by atoms with Crippen molar-refractivity contribution in [1.82, 2.24) is 4.98 Å². The van der Waals surface area contributed by atoms with E-state index in [0.29, 0.717) is 17.5 Å². The van der Waals surface area contributed by atoms with Crippen LogP contribution < -0.4 is 4.90 Å². The van der Waals surface area contributed by atoms with Gasteiger partial charge in [-0.3, -0.25) is 14.6 Å². The maximum absolute atomic E-state index is 12.7. The molecule has 6 atom stereocenters. The van der Waals surface area contributed by atoms with Crippen LogP contribution in [0.4, 0.5) is 5.69 Å². The van der Waals surface area contributed by atoms with Crippen LogP contribution in [0.1, 0.15) is 6.42 Å². The van der Waals surface area contributed by atoms with Gasteiger partial charge in [0, 0.05) is 6.20 Å². The maximum atomic E-state index is 12.7. The zero-order chi connectivity index (χ0) is 13.4. The second-order valence-corrected chi connectivity index (χ2v) is 6.38. The molecule has 0 aromatic carbocycles. The Labute approximate surface area is 116 Å². The molecule has 20 heavy (non-hydrogen) atoms. The standard InChI is InChI=1S/C16H14N2O2/c19-15-13-9-3-4-10(12-6-11(9)12)14(13)16(20)18(15)8-2-1-5-17-7-8/h1-5,7,9-14H,6H2/t9-,10-,11-,12-,13-,14+/m0/s1. The lowest BCUT2D eigenvalue weighted by atomic mass is 9.63. The Morgan fingerprint density at radius 2 is 1.70 bits per heavy atom. The van der Waals surface area contributed by atoms with Gasteiger partial charge < -0.3 is 0 Å². The van der Waals surface area contributed by atoms with E-state index in [2.05, 4.69) is 17.1 Å². The van der Waals surface area contributed by atoms with Crippen molar-refractivity contribution >= 4 is 17.5 Å². The van der Waals surface area contributed by atoms with Gasteiger partial charge in [0.05, 0.1) is 23.7 Å². The van der Waals surface area contributed by atoms with Crippen LogP contribution in [0.25, 0.3) is 0 Å². The highest BCUT2D eigenvalue weighted by Crippen LogP contribution is 2.65. The van der Waals surface area contributed by atoms with Crippen LogP contribution in [0.5, 0.6) is 0 Å². The molecule has 0 radical (unpaired) electrons. The van der Waals surface area contributed by atoms with Crippen LogP contribution in [0.15, 0.2) is 36.7 Å². The predicted octanol–water partition coefficient (Wildman–Crippen LogP) is 1.64. The Hall–Kier alpha value is -1.97. The molecule has 0 spiro atoms. The summed E-state index contributed by atoms with van der Waals surface area (Å²) in [4.78, 5) is 30.9. The van der Waals surface area contributed by atoms with Gasteiger partial charge in [-0.05, 0) is 42.2 Å². The van der Waals surface area contributed by atoms with E-state index in [1.165, 1.54) is 11.3 Å². The van der Waals surface area contributed by atoms with Crippen LogP contribution in [-0.2, 0) is 9.59 Å². The highest BCUT2D eigenvalue weighted by molar-refractivity contribution is 6.22. The molecule has 1 saturated heterocycles. The molecule has 5 aliphatic rings. The van der Waals surface area contributed by atoms with E-state index in [1.807, 2.05) is 0 Å². The number of nitrogens with zero attached hydrogens (tertiary/aromatic N) is 2. The molecule has 100 valence electrons. The first kappa shape index (κ1) is 10.8. The molecule has 2 amide bonds. The van der Waals surface area contributed by atoms with E-state index in [-0.39, 0.29) is 35.5 Å². The lowest BCUT2D eigenvalue weighted by molar-refractivity contribution is -0.124. The molecular formula is C16H14N2O2. The van der Waals surface area contributed by atoms with Crippen molar-refractivity contribution in [3.63, 3.8) is 0 Å². The first-order valence-corrected chi connectivity index (χ1v) is 7.23. The van der Waals surface area contributed by atoms with E-state index >= 15 is 0 Å². The second kappa shape index (κ2) is 3.37. The van der Waals surface area contributed by atoms with Crippen molar-refractivity contribution in [2.24, 2.45) is 35.5 Å². The zero-order valence-corrected chi connectivity index (χ0v) is 10.8. The summed E-state index contributed by atoms with van der Waals surface area (Å²) in [5, 5.41) is 0. The van der Waals surface area contributed by atoms with Gasteiger partial charge in [-0.2, -0.15) is 0 Å². The fraction of sp³-hybridized carbons (Fsp3) is 0.438. The summed E-state index contributed by atoms with van der Waals surface area (Å²) in [6.45, 7) is 0. The summed E-state index contributed by atoms with van der Waals surface area (Å²) >= 11 is 0. The smallest absolute Gasteiger partial charge is 0.238 e. The zero-order valence-electron chi connectivity index (χ0n) is 10.8. The molecule has 1 aliphatic heterocycles. The molecule has 3 fully saturated rings. The molecule has 2 bridgehead atoms. The molecule has 0 unspecified atom stereocenters. The minimum atomic E-state index is -0.124. The number of aromatic nitrogens is 1. The molecule has 4 heteroatoms. The number of imide groups is 1. The van der Waals surface area contributed by atoms with E-state index in [9.17, 15) is 9.59 Å². The van der Waals surface area contributed by atoms with E-state index in [4.69, 9.17) is 0 Å². The molecule has 2 saturated carbocycles. The first-order chi connectivity index (χ1) is 9.77. The van der Waals surface area contributed by atoms with Crippen molar-refractivity contribution in [3.8, 4) is 0 Å². The summed E-state index contributed by atoms with van der Waals surface area (Å²) in [6, 6.07) is 3.55. The number of anilines is 1. The average molecular weight is 266 g/mol. The third-order valence-corrected chi connectivity index (χ3v) is 5.57. The van der Waals surface area contributed by atoms with Crippen molar-refractivity contribution in [2.45, 2.75) is 6.42 Å². The average Bonchev–Trinajstić information content (AvgIpc) is 3.25. The number of hydrogen-bond donors (Lipinski definition) is 0. The van der Waals surface area contributed by atoms with Gasteiger partial charge in [-0.25, -0.2) is 4.90 Å². The molecule has 0 N–H and O–H groups in total. The third-order valence-electron chi connectivity index (χ3n) is 5.57. The number of rotatable bonds is 1. The highest BCUT2D eigenvalue weighted by Gasteiger charge is 2.67. The van der Waals surface area contributed by atoms with Gasteiger partial charge in [0.2, 0.25) is 11.8 Å². The monoisotopic (exact) mass is 266 g/mol. The molecule has 2 heterocycles. The summed E-state index contributed by atoms with van der Waals surface area (Å²) in [5.74, 6) is 1.59. The number of hydrogen-bond acceptors (Lipinski definition) is 3. The van der Waals surface area contributed by atoms with Crippen LogP contribution in [0.3, 0.4) is 0 Å². The summed E-state index contributed by atoms with van der Waals surface area (Å²) in [5.41, 5.74) is 0.616. The molecule has 1 aromatic heterocycles. The lowest BCUT2D eigenvalue weighted by Gasteiger charge is -2.37. The van der Waals surface area contributed by atoms with Crippen molar-refractivity contribution < 1.29 is 9.59 Å². The number of carbonyl (C=O) groups excluding carboxylic acids is 2. The number of pyridine rings is 1. The third kappa shape index (κ3) is 1.11. The minimum Gasteiger partial charge on any atom is -0.274 e. The Bertz CT molecular complexity index is 618. The predicted molar refractivity (Wildman–Crippen MR) is 71.4 cm³/mol. The topological polar surface area (TPSA) is 50.3 Å². The van der Waals surface area contributed by atoms with Gasteiger partial charge in [0.1, 0.15) is 0 Å². The fourth-order valence-electron chi connectivity index (χ4n) is 4.70. The first-order valence-electron chi connectivity index (χ1n) is 7.23. The molecule has 1 aromatic rings. The fourth-order valence-corrected chi connectivity index (χ4v) is 4.70. The van der Waals surface area contributed by atoms with E-state index < -0.39 is 0 Å². The van der Waals surface area contributed by atoms with Crippen LogP contribution in [0.2, 0.25) is 0 Å². The number of allylic oxidation sites excluding steroid dienone is 2. The van der Waals surface area contributed by atoms with Crippen molar-refractivity contribution in [2.75, 3.05) is 4.90 Å². The van der Waals surface area contributed by atoms with Crippen molar-refractivity contribution in [1.29, 1.82) is 0 Å². The van der Waals surface area contributed by atoms with Crippen molar-refractivity contribution in [3.05, 3.63) is 36.7 Å². The van der Waals surface area contributed by atoms with Crippen LogP contribution in [0, 0.1) is 35.5 Å². The quantitative estimate of drug-likeness (QED) is 0.573. The van der Waals surface area contributed by atoms with Gasteiger partial charge in [-0.15, -0.1) is 0 Å². The van der Waals surface area contributed by atoms with Crippen LogP contribution in [-0.4, -0.2) is 16.8 Å². The van der Waals surface area contributed by atoms with E-state index in [1.54, 1.807) is 24.5 Å². The summed E-state index contributed by atoms with van der Waals surface area (Å²) in [7, 11) is 0. The Kier molecular flexibility index (Phi) is 1.82. The Morgan fingerprint density at radius 1 is 1.05 bits per heavy atom. The molecule has 6 rings (SSSR count). The Morgan fingerprint density at radius 3 is 2.25 bits per heavy atom. The molecule has 4 nitrogen and oxygen atoms in total. The Balaban J connectivity index is 1.61. The summed E-state index contributed by atoms with van der Waals surface area (Å²) in [6.07, 6.45) is 8.84. The van der Waals surface area contributed by atoms with Gasteiger partial charge in [0.15, 0.2) is 0 Å². The second-order valence-electron chi connectivity index (χ2n) is 6.38. The largest absolute Gasteiger partial charge is 0.274 e. The van der Waals surface area contributed by atoms with Crippen LogP contribution >= 0.6 is 0 Å². The van der Waals surface area contributed by atoms with Gasteiger partial charge >= 0.3 is 0 Å². The SMILES string of the molecule is O=C1[C@@H]2[C@H]3C=C[C@@H]([C@@H]4C[C@@H]34)[C@@H]2C(=O)N1c1cccnc1. The highest BCUT2D eigenvalue weighted by atomic mass is 16.2. The lowest BCUT2D eigenvalue weighted by Crippen LogP contribution is -2.40. The summed E-state index contributed by atoms with van der Waals surface area (Å²) < 4.78 is 0. The normalized spacial score (nSPS) is 43.7. The maximum Gasteiger partial charge on any atom is 0.238 e. The minimum absolute atomic E-state index is 0.0160. The molecule has 4 aliphatic carbocycles. The number of amides is 2. The van der Waals surface area contributed by atoms with Gasteiger partial charge in [-0.1, -0.05) is 12.2 Å². The van der Waals surface area contributed by atoms with E-state index in [0.717, 1.165) is 0 Å². The number of carbonyl (C=O) groups is 2. The molecular weight excluding hydrogens is 252 g/mol. The van der Waals surface area contributed by atoms with Gasteiger partial charge in [0.25, 0.3) is 0 Å².